The van der Waals surface area contributed by atoms with E-state index in [0.29, 0.717) is 5.92 Å². The standard InChI is InChI=1S/C18H20BrNO/c19-17-11-16(15-6-2-1-3-7-15)8-9-18(17)21-13-14-5-4-10-20-12-14/h1-3,6-9,11,14,20H,4-5,10,12-13H2/t14-/m0/s1. The molecule has 1 saturated heterocycles. The summed E-state index contributed by atoms with van der Waals surface area (Å²) in [6, 6.07) is 16.7. The smallest absolute Gasteiger partial charge is 0.133 e. The van der Waals surface area contributed by atoms with E-state index in [4.69, 9.17) is 4.74 Å². The summed E-state index contributed by atoms with van der Waals surface area (Å²) in [5.74, 6) is 1.56. The lowest BCUT2D eigenvalue weighted by molar-refractivity contribution is 0.217. The molecular formula is C18H20BrNO. The Morgan fingerprint density at radius 2 is 1.95 bits per heavy atom. The van der Waals surface area contributed by atoms with E-state index in [1.54, 1.807) is 0 Å². The highest BCUT2D eigenvalue weighted by atomic mass is 79.9. The molecule has 1 N–H and O–H groups in total. The van der Waals surface area contributed by atoms with Gasteiger partial charge in [-0.25, -0.2) is 0 Å². The van der Waals surface area contributed by atoms with E-state index in [-0.39, 0.29) is 0 Å². The molecular weight excluding hydrogens is 326 g/mol. The van der Waals surface area contributed by atoms with Gasteiger partial charge in [0.2, 0.25) is 0 Å². The average Bonchev–Trinajstić information content (AvgIpc) is 2.55. The van der Waals surface area contributed by atoms with Crippen molar-refractivity contribution in [3.8, 4) is 16.9 Å². The molecule has 0 radical (unpaired) electrons. The van der Waals surface area contributed by atoms with Gasteiger partial charge >= 0.3 is 0 Å². The lowest BCUT2D eigenvalue weighted by atomic mass is 10.0. The van der Waals surface area contributed by atoms with E-state index in [0.717, 1.165) is 29.9 Å². The van der Waals surface area contributed by atoms with E-state index in [1.165, 1.54) is 24.0 Å². The summed E-state index contributed by atoms with van der Waals surface area (Å²) >= 11 is 3.63. The molecule has 1 aliphatic heterocycles. The van der Waals surface area contributed by atoms with Gasteiger partial charge in [0, 0.05) is 12.5 Å². The summed E-state index contributed by atoms with van der Waals surface area (Å²) in [5, 5.41) is 3.42. The van der Waals surface area contributed by atoms with Crippen LogP contribution in [0.25, 0.3) is 11.1 Å². The van der Waals surface area contributed by atoms with Crippen LogP contribution in [0.3, 0.4) is 0 Å². The number of piperidine rings is 1. The van der Waals surface area contributed by atoms with Gasteiger partial charge in [-0.2, -0.15) is 0 Å². The van der Waals surface area contributed by atoms with Crippen molar-refractivity contribution >= 4 is 15.9 Å². The van der Waals surface area contributed by atoms with Gasteiger partial charge in [0.05, 0.1) is 11.1 Å². The predicted octanol–water partition coefficient (Wildman–Crippen LogP) is 4.49. The molecule has 2 aromatic rings. The lowest BCUT2D eigenvalue weighted by Crippen LogP contribution is -2.33. The summed E-state index contributed by atoms with van der Waals surface area (Å²) in [6.45, 7) is 3.00. The molecule has 0 aliphatic carbocycles. The normalized spacial score (nSPS) is 18.4. The maximum absolute atomic E-state index is 5.98. The Hall–Kier alpha value is -1.32. The monoisotopic (exact) mass is 345 g/mol. The van der Waals surface area contributed by atoms with Crippen LogP contribution in [0.1, 0.15) is 12.8 Å². The van der Waals surface area contributed by atoms with Crippen molar-refractivity contribution in [2.24, 2.45) is 5.92 Å². The maximum atomic E-state index is 5.98. The number of benzene rings is 2. The van der Waals surface area contributed by atoms with Crippen LogP contribution < -0.4 is 10.1 Å². The van der Waals surface area contributed by atoms with Crippen molar-refractivity contribution in [3.05, 3.63) is 53.0 Å². The van der Waals surface area contributed by atoms with Gasteiger partial charge in [-0.3, -0.25) is 0 Å². The molecule has 1 fully saturated rings. The Labute approximate surface area is 134 Å². The molecule has 1 aliphatic rings. The number of ether oxygens (including phenoxy) is 1. The number of nitrogens with one attached hydrogen (secondary N) is 1. The first-order chi connectivity index (χ1) is 10.3. The molecule has 2 nitrogen and oxygen atoms in total. The summed E-state index contributed by atoms with van der Waals surface area (Å²) in [4.78, 5) is 0. The Bertz CT molecular complexity index is 579. The molecule has 0 spiro atoms. The lowest BCUT2D eigenvalue weighted by Gasteiger charge is -2.23. The van der Waals surface area contributed by atoms with Crippen LogP contribution in [0.2, 0.25) is 0 Å². The second-order valence-electron chi connectivity index (χ2n) is 5.53. The number of rotatable bonds is 4. The molecule has 0 saturated carbocycles. The molecule has 0 amide bonds. The molecule has 21 heavy (non-hydrogen) atoms. The van der Waals surface area contributed by atoms with E-state index in [1.807, 2.05) is 6.07 Å². The molecule has 0 aromatic heterocycles. The number of hydrogen-bond donors (Lipinski definition) is 1. The fourth-order valence-electron chi connectivity index (χ4n) is 2.70. The van der Waals surface area contributed by atoms with Crippen molar-refractivity contribution in [1.82, 2.24) is 5.32 Å². The van der Waals surface area contributed by atoms with E-state index >= 15 is 0 Å². The van der Waals surface area contributed by atoms with Crippen LogP contribution in [0, 0.1) is 5.92 Å². The first-order valence-corrected chi connectivity index (χ1v) is 8.31. The van der Waals surface area contributed by atoms with Crippen molar-refractivity contribution in [2.45, 2.75) is 12.8 Å². The highest BCUT2D eigenvalue weighted by Crippen LogP contribution is 2.31. The van der Waals surface area contributed by atoms with Gasteiger partial charge in [-0.15, -0.1) is 0 Å². The zero-order valence-electron chi connectivity index (χ0n) is 12.0. The van der Waals surface area contributed by atoms with Crippen molar-refractivity contribution in [3.63, 3.8) is 0 Å². The van der Waals surface area contributed by atoms with E-state index < -0.39 is 0 Å². The third-order valence-electron chi connectivity index (χ3n) is 3.91. The van der Waals surface area contributed by atoms with Crippen LogP contribution in [0.4, 0.5) is 0 Å². The Morgan fingerprint density at radius 3 is 2.67 bits per heavy atom. The van der Waals surface area contributed by atoms with Crippen LogP contribution in [-0.2, 0) is 0 Å². The fraction of sp³-hybridized carbons (Fsp3) is 0.333. The second-order valence-corrected chi connectivity index (χ2v) is 6.39. The van der Waals surface area contributed by atoms with E-state index in [2.05, 4.69) is 63.7 Å². The van der Waals surface area contributed by atoms with Crippen LogP contribution in [-0.4, -0.2) is 19.7 Å². The summed E-state index contributed by atoms with van der Waals surface area (Å²) < 4.78 is 7.00. The highest BCUT2D eigenvalue weighted by Gasteiger charge is 2.14. The quantitative estimate of drug-likeness (QED) is 0.880. The molecule has 0 bridgehead atoms. The predicted molar refractivity (Wildman–Crippen MR) is 90.7 cm³/mol. The Morgan fingerprint density at radius 1 is 1.10 bits per heavy atom. The maximum Gasteiger partial charge on any atom is 0.133 e. The third kappa shape index (κ3) is 3.86. The zero-order chi connectivity index (χ0) is 14.5. The van der Waals surface area contributed by atoms with Gasteiger partial charge in [0.25, 0.3) is 0 Å². The zero-order valence-corrected chi connectivity index (χ0v) is 13.6. The first kappa shape index (κ1) is 14.6. The Kier molecular flexibility index (Phi) is 4.94. The van der Waals surface area contributed by atoms with Crippen LogP contribution in [0.5, 0.6) is 5.75 Å². The van der Waals surface area contributed by atoms with Gasteiger partial charge in [0.15, 0.2) is 0 Å². The van der Waals surface area contributed by atoms with Gasteiger partial charge in [-0.1, -0.05) is 36.4 Å². The summed E-state index contributed by atoms with van der Waals surface area (Å²) in [5.41, 5.74) is 2.43. The minimum absolute atomic E-state index is 0.624. The average molecular weight is 346 g/mol. The molecule has 1 heterocycles. The molecule has 0 unspecified atom stereocenters. The molecule has 3 heteroatoms. The molecule has 1 atom stereocenters. The molecule has 3 rings (SSSR count). The van der Waals surface area contributed by atoms with Crippen LogP contribution >= 0.6 is 15.9 Å². The number of halogens is 1. The van der Waals surface area contributed by atoms with Crippen molar-refractivity contribution < 1.29 is 4.74 Å². The number of hydrogen-bond acceptors (Lipinski definition) is 2. The minimum Gasteiger partial charge on any atom is -0.492 e. The summed E-state index contributed by atoms with van der Waals surface area (Å²) in [6.07, 6.45) is 2.51. The van der Waals surface area contributed by atoms with Gasteiger partial charge in [0.1, 0.15) is 5.75 Å². The molecule has 110 valence electrons. The molecule has 2 aromatic carbocycles. The third-order valence-corrected chi connectivity index (χ3v) is 4.53. The van der Waals surface area contributed by atoms with E-state index in [9.17, 15) is 0 Å². The minimum atomic E-state index is 0.624. The largest absolute Gasteiger partial charge is 0.492 e. The SMILES string of the molecule is Brc1cc(-c2ccccc2)ccc1OC[C@H]1CCCNC1. The highest BCUT2D eigenvalue weighted by molar-refractivity contribution is 9.10. The Balaban J connectivity index is 1.67. The van der Waals surface area contributed by atoms with Crippen molar-refractivity contribution in [1.29, 1.82) is 0 Å². The topological polar surface area (TPSA) is 21.3 Å². The second kappa shape index (κ2) is 7.10. The first-order valence-electron chi connectivity index (χ1n) is 7.51. The van der Waals surface area contributed by atoms with Gasteiger partial charge in [-0.05, 0) is 58.6 Å². The van der Waals surface area contributed by atoms with Gasteiger partial charge < -0.3 is 10.1 Å². The fourth-order valence-corrected chi connectivity index (χ4v) is 3.20. The summed E-state index contributed by atoms with van der Waals surface area (Å²) in [7, 11) is 0. The van der Waals surface area contributed by atoms with Crippen molar-refractivity contribution in [2.75, 3.05) is 19.7 Å². The van der Waals surface area contributed by atoms with Crippen LogP contribution in [0.15, 0.2) is 53.0 Å².